The Kier molecular flexibility index (Phi) is 9.52. The average molecular weight is 406 g/mol. The topological polar surface area (TPSA) is 35.5 Å². The molecule has 0 amide bonds. The molecule has 0 heterocycles. The van der Waals surface area contributed by atoms with Gasteiger partial charge in [0.1, 0.15) is 11.5 Å². The molecule has 1 atom stereocenters. The van der Waals surface area contributed by atoms with Crippen LogP contribution in [0, 0.1) is 0 Å². The van der Waals surface area contributed by atoms with E-state index < -0.39 is 0 Å². The van der Waals surface area contributed by atoms with Crippen molar-refractivity contribution in [2.45, 2.75) is 39.9 Å². The summed E-state index contributed by atoms with van der Waals surface area (Å²) in [5, 5.41) is 1.51. The first kappa shape index (κ1) is 23.4. The Labute approximate surface area is 178 Å². The van der Waals surface area contributed by atoms with Gasteiger partial charge in [0.2, 0.25) is 0 Å². The minimum Gasteiger partial charge on any atom is -0.491 e. The molecule has 0 fully saturated rings. The minimum atomic E-state index is -0.149. The third-order valence-corrected chi connectivity index (χ3v) is 4.91. The first-order valence-electron chi connectivity index (χ1n) is 8.00. The van der Waals surface area contributed by atoms with Crippen LogP contribution in [-0.4, -0.2) is 17.7 Å². The molecular weight excluding hydrogens is 385 g/mol. The molecule has 26 heavy (non-hydrogen) atoms. The number of carbonyl (C=O) groups is 1. The van der Waals surface area contributed by atoms with Crippen molar-refractivity contribution in [3.63, 3.8) is 0 Å². The molecule has 0 radical (unpaired) electrons. The summed E-state index contributed by atoms with van der Waals surface area (Å²) in [6.07, 6.45) is 0.0422. The zero-order valence-electron chi connectivity index (χ0n) is 15.6. The molecule has 0 aliphatic rings. The molecule has 0 aliphatic carbocycles. The standard InChI is InChI=1S/C19H21Cl2O3P.Li/c1-11(2)23-13-8-9-17(16(10-13)24-12(3)4)25-19(22)18-14(20)6-5-7-15(18)21;/h5-12,25H,1-4H3;/q;+1. The van der Waals surface area contributed by atoms with Crippen LogP contribution in [0.5, 0.6) is 11.5 Å². The van der Waals surface area contributed by atoms with Gasteiger partial charge >= 0.3 is 18.9 Å². The van der Waals surface area contributed by atoms with E-state index in [1.54, 1.807) is 18.2 Å². The summed E-state index contributed by atoms with van der Waals surface area (Å²) < 4.78 is 11.6. The summed E-state index contributed by atoms with van der Waals surface area (Å²) in [5.74, 6) is 1.35. The van der Waals surface area contributed by atoms with Crippen molar-refractivity contribution in [1.82, 2.24) is 0 Å². The van der Waals surface area contributed by atoms with Gasteiger partial charge in [0.25, 0.3) is 0 Å². The second-order valence-corrected chi connectivity index (χ2v) is 8.10. The Balaban J connectivity index is 0.00000338. The number of rotatable bonds is 7. The van der Waals surface area contributed by atoms with Crippen molar-refractivity contribution in [1.29, 1.82) is 0 Å². The molecule has 134 valence electrons. The van der Waals surface area contributed by atoms with E-state index in [1.807, 2.05) is 45.9 Å². The Morgan fingerprint density at radius 1 is 0.962 bits per heavy atom. The zero-order chi connectivity index (χ0) is 18.6. The maximum atomic E-state index is 12.7. The molecule has 0 bridgehead atoms. The van der Waals surface area contributed by atoms with Gasteiger partial charge in [-0.3, -0.25) is 4.79 Å². The Bertz CT molecular complexity index is 746. The van der Waals surface area contributed by atoms with Gasteiger partial charge in [-0.25, -0.2) is 0 Å². The summed E-state index contributed by atoms with van der Waals surface area (Å²) in [6.45, 7) is 7.80. The van der Waals surface area contributed by atoms with Gasteiger partial charge in [-0.1, -0.05) is 29.3 Å². The molecule has 2 rings (SSSR count). The van der Waals surface area contributed by atoms with Gasteiger partial charge in [0, 0.05) is 11.4 Å². The fourth-order valence-electron chi connectivity index (χ4n) is 2.20. The van der Waals surface area contributed by atoms with E-state index in [0.717, 1.165) is 5.30 Å². The number of hydrogen-bond acceptors (Lipinski definition) is 3. The van der Waals surface area contributed by atoms with E-state index in [1.165, 1.54) is 0 Å². The van der Waals surface area contributed by atoms with Gasteiger partial charge in [-0.15, -0.1) is 0 Å². The smallest absolute Gasteiger partial charge is 0.491 e. The molecule has 1 unspecified atom stereocenters. The van der Waals surface area contributed by atoms with E-state index in [0.29, 0.717) is 27.1 Å². The maximum absolute atomic E-state index is 12.7. The monoisotopic (exact) mass is 405 g/mol. The third kappa shape index (κ3) is 6.49. The Morgan fingerprint density at radius 3 is 2.08 bits per heavy atom. The molecule has 0 N–H and O–H groups in total. The maximum Gasteiger partial charge on any atom is 1.00 e. The van der Waals surface area contributed by atoms with Crippen LogP contribution >= 0.6 is 31.8 Å². The van der Waals surface area contributed by atoms with Crippen LogP contribution in [0.15, 0.2) is 36.4 Å². The number of hydrogen-bond donors (Lipinski definition) is 0. The van der Waals surface area contributed by atoms with Crippen molar-refractivity contribution >= 4 is 42.6 Å². The second kappa shape index (κ2) is 10.6. The first-order chi connectivity index (χ1) is 11.8. The van der Waals surface area contributed by atoms with Crippen LogP contribution in [0.25, 0.3) is 0 Å². The van der Waals surface area contributed by atoms with Crippen molar-refractivity contribution < 1.29 is 33.1 Å². The SMILES string of the molecule is CC(C)Oc1ccc(PC(=O)c2c(Cl)cccc2Cl)c(OC(C)C)c1.[Li+]. The molecule has 0 saturated carbocycles. The van der Waals surface area contributed by atoms with Gasteiger partial charge in [-0.2, -0.15) is 0 Å². The minimum absolute atomic E-state index is 0. The fourth-order valence-corrected chi connectivity index (χ4v) is 3.99. The third-order valence-electron chi connectivity index (χ3n) is 3.13. The van der Waals surface area contributed by atoms with Crippen LogP contribution in [0.1, 0.15) is 38.1 Å². The summed E-state index contributed by atoms with van der Waals surface area (Å²) in [7, 11) is -0.149. The van der Waals surface area contributed by atoms with Gasteiger partial charge in [0.15, 0.2) is 5.52 Å². The van der Waals surface area contributed by atoms with E-state index in [4.69, 9.17) is 32.7 Å². The molecule has 7 heteroatoms. The van der Waals surface area contributed by atoms with E-state index >= 15 is 0 Å². The predicted octanol–water partition coefficient (Wildman–Crippen LogP) is 2.72. The number of benzene rings is 2. The molecule has 0 saturated heterocycles. The van der Waals surface area contributed by atoms with Crippen LogP contribution in [0.2, 0.25) is 10.0 Å². The van der Waals surface area contributed by atoms with Crippen molar-refractivity contribution in [3.8, 4) is 11.5 Å². The first-order valence-corrected chi connectivity index (χ1v) is 9.76. The van der Waals surface area contributed by atoms with Crippen LogP contribution in [0.3, 0.4) is 0 Å². The van der Waals surface area contributed by atoms with Gasteiger partial charge in [-0.05, 0) is 60.5 Å². The van der Waals surface area contributed by atoms with E-state index in [-0.39, 0.29) is 45.2 Å². The predicted molar refractivity (Wildman–Crippen MR) is 107 cm³/mol. The fraction of sp³-hybridized carbons (Fsp3) is 0.316. The van der Waals surface area contributed by atoms with E-state index in [9.17, 15) is 4.79 Å². The Hall–Kier alpha value is -0.683. The number of carbonyl (C=O) groups excluding carboxylic acids is 1. The summed E-state index contributed by atoms with van der Waals surface area (Å²) in [5.41, 5.74) is 0.226. The quantitative estimate of drug-likeness (QED) is 0.524. The zero-order valence-corrected chi connectivity index (χ0v) is 18.1. The number of halogens is 2. The molecule has 0 aromatic heterocycles. The van der Waals surface area contributed by atoms with Crippen LogP contribution < -0.4 is 33.6 Å². The summed E-state index contributed by atoms with van der Waals surface area (Å²) >= 11 is 12.3. The number of ether oxygens (including phenoxy) is 2. The molecule has 3 nitrogen and oxygen atoms in total. The average Bonchev–Trinajstić information content (AvgIpc) is 2.48. The van der Waals surface area contributed by atoms with Crippen molar-refractivity contribution in [2.75, 3.05) is 0 Å². The molecule has 0 aliphatic heterocycles. The van der Waals surface area contributed by atoms with Crippen molar-refractivity contribution in [2.24, 2.45) is 0 Å². The van der Waals surface area contributed by atoms with Crippen LogP contribution in [0.4, 0.5) is 0 Å². The van der Waals surface area contributed by atoms with Crippen molar-refractivity contribution in [3.05, 3.63) is 52.0 Å². The van der Waals surface area contributed by atoms with E-state index in [2.05, 4.69) is 0 Å². The largest absolute Gasteiger partial charge is 1.00 e. The van der Waals surface area contributed by atoms with Gasteiger partial charge < -0.3 is 9.47 Å². The summed E-state index contributed by atoms with van der Waals surface area (Å²) in [4.78, 5) is 12.7. The van der Waals surface area contributed by atoms with Crippen LogP contribution in [-0.2, 0) is 0 Å². The summed E-state index contributed by atoms with van der Waals surface area (Å²) in [6, 6.07) is 10.6. The molecular formula is C19H21Cl2LiO3P+. The van der Waals surface area contributed by atoms with Gasteiger partial charge in [0.05, 0.1) is 27.8 Å². The second-order valence-electron chi connectivity index (χ2n) is 6.04. The molecule has 2 aromatic rings. The molecule has 0 spiro atoms. The Morgan fingerprint density at radius 2 is 1.54 bits per heavy atom. The molecule has 2 aromatic carbocycles. The normalized spacial score (nSPS) is 11.1.